The first-order valence-corrected chi connectivity index (χ1v) is 6.20. The van der Waals surface area contributed by atoms with Gasteiger partial charge in [0.15, 0.2) is 0 Å². The van der Waals surface area contributed by atoms with E-state index in [2.05, 4.69) is 37.1 Å². The van der Waals surface area contributed by atoms with Crippen molar-refractivity contribution in [3.05, 3.63) is 35.0 Å². The molecule has 0 spiro atoms. The number of aryl methyl sites for hydroxylation is 2. The number of carbonyl (C=O) groups excluding carboxylic acids is 1. The van der Waals surface area contributed by atoms with Crippen molar-refractivity contribution in [1.29, 1.82) is 0 Å². The topological polar surface area (TPSA) is 42.0 Å². The van der Waals surface area contributed by atoms with Gasteiger partial charge in [-0.1, -0.05) is 6.92 Å². The molecule has 1 aromatic carbocycles. The predicted molar refractivity (Wildman–Crippen MR) is 74.9 cm³/mol. The van der Waals surface area contributed by atoms with Gasteiger partial charge in [-0.3, -0.25) is 4.79 Å². The first-order chi connectivity index (χ1) is 8.54. The Kier molecular flexibility index (Phi) is 3.32. The van der Waals surface area contributed by atoms with E-state index in [1.165, 1.54) is 23.6 Å². The molecule has 0 unspecified atom stereocenters. The van der Waals surface area contributed by atoms with Gasteiger partial charge in [-0.2, -0.15) is 0 Å². The van der Waals surface area contributed by atoms with Crippen molar-refractivity contribution in [3.8, 4) is 0 Å². The molecule has 1 amide bonds. The third-order valence-electron chi connectivity index (χ3n) is 3.33. The van der Waals surface area contributed by atoms with Crippen LogP contribution in [0.3, 0.4) is 0 Å². The summed E-state index contributed by atoms with van der Waals surface area (Å²) in [5.41, 5.74) is 3.91. The van der Waals surface area contributed by atoms with Crippen molar-refractivity contribution >= 4 is 22.5 Å². The number of nitrogens with one attached hydrogen (secondary N) is 1. The standard InChI is InChI=1S/C15H18N2O/c1-5-12-9(2)8-14-13(10(12)3)6-7-16-15(14)17-11(4)18/h6-8H,5H2,1-4H3,(H,16,17,18). The summed E-state index contributed by atoms with van der Waals surface area (Å²) in [7, 11) is 0. The lowest BCUT2D eigenvalue weighted by Crippen LogP contribution is -2.08. The molecule has 3 nitrogen and oxygen atoms in total. The van der Waals surface area contributed by atoms with Gasteiger partial charge in [-0.15, -0.1) is 0 Å². The average Bonchev–Trinajstić information content (AvgIpc) is 2.30. The summed E-state index contributed by atoms with van der Waals surface area (Å²) < 4.78 is 0. The Hall–Kier alpha value is -1.90. The zero-order chi connectivity index (χ0) is 13.3. The number of rotatable bonds is 2. The number of fused-ring (bicyclic) bond motifs is 1. The van der Waals surface area contributed by atoms with Crippen LogP contribution in [-0.4, -0.2) is 10.9 Å². The van der Waals surface area contributed by atoms with E-state index in [4.69, 9.17) is 0 Å². The minimum Gasteiger partial charge on any atom is -0.310 e. The molecule has 2 rings (SSSR count). The van der Waals surface area contributed by atoms with Gasteiger partial charge >= 0.3 is 0 Å². The molecule has 0 saturated carbocycles. The maximum absolute atomic E-state index is 11.2. The molecule has 0 atom stereocenters. The van der Waals surface area contributed by atoms with Crippen LogP contribution >= 0.6 is 0 Å². The Bertz CT molecular complexity index is 617. The lowest BCUT2D eigenvalue weighted by atomic mass is 9.95. The van der Waals surface area contributed by atoms with Crippen molar-refractivity contribution in [2.24, 2.45) is 0 Å². The molecule has 0 aliphatic rings. The van der Waals surface area contributed by atoms with Crippen LogP contribution in [0.25, 0.3) is 10.8 Å². The van der Waals surface area contributed by atoms with E-state index in [1.54, 1.807) is 6.20 Å². The van der Waals surface area contributed by atoms with E-state index in [0.29, 0.717) is 5.82 Å². The van der Waals surface area contributed by atoms with E-state index in [1.807, 2.05) is 6.07 Å². The quantitative estimate of drug-likeness (QED) is 0.877. The first-order valence-electron chi connectivity index (χ1n) is 6.20. The Morgan fingerprint density at radius 3 is 2.67 bits per heavy atom. The van der Waals surface area contributed by atoms with Crippen molar-refractivity contribution < 1.29 is 4.79 Å². The molecule has 0 saturated heterocycles. The van der Waals surface area contributed by atoms with E-state index in [9.17, 15) is 4.79 Å². The average molecular weight is 242 g/mol. The van der Waals surface area contributed by atoms with Gasteiger partial charge in [0.1, 0.15) is 5.82 Å². The van der Waals surface area contributed by atoms with Crippen LogP contribution in [0.5, 0.6) is 0 Å². The van der Waals surface area contributed by atoms with Crippen molar-refractivity contribution in [2.45, 2.75) is 34.1 Å². The van der Waals surface area contributed by atoms with Crippen LogP contribution in [-0.2, 0) is 11.2 Å². The van der Waals surface area contributed by atoms with Crippen molar-refractivity contribution in [2.75, 3.05) is 5.32 Å². The molecule has 1 heterocycles. The number of anilines is 1. The Labute approximate surface area is 107 Å². The molecule has 0 fully saturated rings. The molecular weight excluding hydrogens is 224 g/mol. The largest absolute Gasteiger partial charge is 0.310 e. The molecule has 0 bridgehead atoms. The Morgan fingerprint density at radius 1 is 1.33 bits per heavy atom. The highest BCUT2D eigenvalue weighted by atomic mass is 16.1. The van der Waals surface area contributed by atoms with E-state index in [0.717, 1.165) is 17.2 Å². The van der Waals surface area contributed by atoms with Gasteiger partial charge in [0.2, 0.25) is 5.91 Å². The molecule has 18 heavy (non-hydrogen) atoms. The van der Waals surface area contributed by atoms with Crippen LogP contribution in [0.1, 0.15) is 30.5 Å². The van der Waals surface area contributed by atoms with Crippen LogP contribution in [0, 0.1) is 13.8 Å². The van der Waals surface area contributed by atoms with E-state index < -0.39 is 0 Å². The molecule has 0 aliphatic carbocycles. The minimum atomic E-state index is -0.0927. The Morgan fingerprint density at radius 2 is 2.06 bits per heavy atom. The smallest absolute Gasteiger partial charge is 0.222 e. The molecular formula is C15H18N2O. The number of amides is 1. The zero-order valence-corrected chi connectivity index (χ0v) is 11.3. The lowest BCUT2D eigenvalue weighted by Gasteiger charge is -2.14. The second kappa shape index (κ2) is 4.77. The molecule has 0 aliphatic heterocycles. The highest BCUT2D eigenvalue weighted by Gasteiger charge is 2.10. The fourth-order valence-electron chi connectivity index (χ4n) is 2.52. The Balaban J connectivity index is 2.75. The van der Waals surface area contributed by atoms with Gasteiger partial charge in [0, 0.05) is 18.5 Å². The van der Waals surface area contributed by atoms with Gasteiger partial charge in [-0.25, -0.2) is 4.98 Å². The predicted octanol–water partition coefficient (Wildman–Crippen LogP) is 3.37. The number of benzene rings is 1. The minimum absolute atomic E-state index is 0.0927. The molecule has 1 aromatic heterocycles. The summed E-state index contributed by atoms with van der Waals surface area (Å²) in [6, 6.07) is 4.12. The summed E-state index contributed by atoms with van der Waals surface area (Å²) >= 11 is 0. The first kappa shape index (κ1) is 12.6. The fraction of sp³-hybridized carbons (Fsp3) is 0.333. The summed E-state index contributed by atoms with van der Waals surface area (Å²) in [6.07, 6.45) is 2.76. The van der Waals surface area contributed by atoms with Gasteiger partial charge in [0.25, 0.3) is 0 Å². The second-order valence-corrected chi connectivity index (χ2v) is 4.59. The fourth-order valence-corrected chi connectivity index (χ4v) is 2.52. The number of aromatic nitrogens is 1. The molecule has 0 radical (unpaired) electrons. The summed E-state index contributed by atoms with van der Waals surface area (Å²) in [5.74, 6) is 0.554. The molecule has 2 aromatic rings. The SMILES string of the molecule is CCc1c(C)cc2c(NC(C)=O)nccc2c1C. The van der Waals surface area contributed by atoms with Gasteiger partial charge < -0.3 is 5.32 Å². The second-order valence-electron chi connectivity index (χ2n) is 4.59. The normalized spacial score (nSPS) is 10.7. The lowest BCUT2D eigenvalue weighted by molar-refractivity contribution is -0.114. The number of hydrogen-bond donors (Lipinski definition) is 1. The monoisotopic (exact) mass is 242 g/mol. The van der Waals surface area contributed by atoms with E-state index >= 15 is 0 Å². The van der Waals surface area contributed by atoms with E-state index in [-0.39, 0.29) is 5.91 Å². The summed E-state index contributed by atoms with van der Waals surface area (Å²) in [4.78, 5) is 15.5. The highest BCUT2D eigenvalue weighted by Crippen LogP contribution is 2.29. The van der Waals surface area contributed by atoms with Gasteiger partial charge in [0.05, 0.1) is 0 Å². The maximum atomic E-state index is 11.2. The molecule has 1 N–H and O–H groups in total. The summed E-state index contributed by atoms with van der Waals surface area (Å²) in [5, 5.41) is 4.97. The number of hydrogen-bond acceptors (Lipinski definition) is 2. The van der Waals surface area contributed by atoms with Crippen LogP contribution in [0.4, 0.5) is 5.82 Å². The number of carbonyl (C=O) groups is 1. The maximum Gasteiger partial charge on any atom is 0.222 e. The van der Waals surface area contributed by atoms with Crippen LogP contribution in [0.2, 0.25) is 0 Å². The van der Waals surface area contributed by atoms with Crippen LogP contribution in [0.15, 0.2) is 18.3 Å². The summed E-state index contributed by atoms with van der Waals surface area (Å²) in [6.45, 7) is 7.90. The van der Waals surface area contributed by atoms with Gasteiger partial charge in [-0.05, 0) is 54.5 Å². The van der Waals surface area contributed by atoms with Crippen LogP contribution < -0.4 is 5.32 Å². The number of pyridine rings is 1. The highest BCUT2D eigenvalue weighted by molar-refractivity contribution is 6.01. The van der Waals surface area contributed by atoms with Crippen molar-refractivity contribution in [1.82, 2.24) is 4.98 Å². The molecule has 94 valence electrons. The number of nitrogens with zero attached hydrogens (tertiary/aromatic N) is 1. The third kappa shape index (κ3) is 2.08. The van der Waals surface area contributed by atoms with Crippen molar-refractivity contribution in [3.63, 3.8) is 0 Å². The zero-order valence-electron chi connectivity index (χ0n) is 11.3. The third-order valence-corrected chi connectivity index (χ3v) is 3.33. The molecule has 3 heteroatoms.